The van der Waals surface area contributed by atoms with Crippen molar-refractivity contribution in [3.8, 4) is 0 Å². The average molecular weight is 419 g/mol. The molecule has 0 aliphatic heterocycles. The first-order chi connectivity index (χ1) is 15.6. The summed E-state index contributed by atoms with van der Waals surface area (Å²) >= 11 is 0. The first kappa shape index (κ1) is 20.0. The molecule has 0 nitrogen and oxygen atoms in total. The molecule has 6 aliphatic carbocycles. The van der Waals surface area contributed by atoms with Crippen LogP contribution in [0.25, 0.3) is 0 Å². The molecule has 2 saturated carbocycles. The molecule has 0 aromatic rings. The van der Waals surface area contributed by atoms with E-state index < -0.39 is 0 Å². The largest absolute Gasteiger partial charge is 0.0952 e. The number of hydrogen-bond acceptors (Lipinski definition) is 0. The molecule has 0 bridgehead atoms. The normalized spacial score (nSPS) is 30.2. The lowest BCUT2D eigenvalue weighted by Gasteiger charge is -2.24. The van der Waals surface area contributed by atoms with Gasteiger partial charge in [0.2, 0.25) is 0 Å². The fraction of sp³-hybridized carbons (Fsp3) is 0.375. The number of fused-ring (bicyclic) bond motifs is 2. The van der Waals surface area contributed by atoms with Crippen molar-refractivity contribution in [2.75, 3.05) is 0 Å². The molecule has 0 aromatic carbocycles. The SMILES string of the molecule is C=C(CCC1=CC2C=C(CCCC3CC34CC4)C=CC2=C1)C1=CC(=C)C2C=CC=CC2=C1. The summed E-state index contributed by atoms with van der Waals surface area (Å²) in [6, 6.07) is 0. The molecule has 6 rings (SSSR count). The summed E-state index contributed by atoms with van der Waals surface area (Å²) in [6.45, 7) is 8.70. The summed E-state index contributed by atoms with van der Waals surface area (Å²) in [6.07, 6.45) is 36.0. The third kappa shape index (κ3) is 3.85. The van der Waals surface area contributed by atoms with Gasteiger partial charge in [-0.25, -0.2) is 0 Å². The molecule has 3 unspecified atom stereocenters. The molecule has 32 heavy (non-hydrogen) atoms. The van der Waals surface area contributed by atoms with Crippen LogP contribution in [0.5, 0.6) is 0 Å². The van der Waals surface area contributed by atoms with E-state index in [1.54, 1.807) is 5.57 Å². The second-order valence-corrected chi connectivity index (χ2v) is 10.8. The molecule has 162 valence electrons. The minimum Gasteiger partial charge on any atom is -0.0952 e. The second kappa shape index (κ2) is 7.77. The number of allylic oxidation sites excluding steroid dienone is 18. The van der Waals surface area contributed by atoms with Gasteiger partial charge >= 0.3 is 0 Å². The minimum absolute atomic E-state index is 0.341. The van der Waals surface area contributed by atoms with Crippen molar-refractivity contribution in [3.05, 3.63) is 119 Å². The average Bonchev–Trinajstić information content (AvgIpc) is 3.68. The molecule has 0 heteroatoms. The second-order valence-electron chi connectivity index (χ2n) is 10.8. The third-order valence-electron chi connectivity index (χ3n) is 8.53. The molecule has 0 N–H and O–H groups in total. The zero-order valence-electron chi connectivity index (χ0n) is 19.2. The zero-order chi connectivity index (χ0) is 21.7. The molecule has 0 radical (unpaired) electrons. The van der Waals surface area contributed by atoms with Gasteiger partial charge in [-0.15, -0.1) is 0 Å². The van der Waals surface area contributed by atoms with Crippen LogP contribution in [0.4, 0.5) is 0 Å². The van der Waals surface area contributed by atoms with Crippen LogP contribution >= 0.6 is 0 Å². The summed E-state index contributed by atoms with van der Waals surface area (Å²) in [4.78, 5) is 0. The minimum atomic E-state index is 0.341. The maximum atomic E-state index is 4.41. The summed E-state index contributed by atoms with van der Waals surface area (Å²) in [5.74, 6) is 1.90. The molecule has 1 spiro atoms. The van der Waals surface area contributed by atoms with Gasteiger partial charge in [0.15, 0.2) is 0 Å². The van der Waals surface area contributed by atoms with E-state index >= 15 is 0 Å². The Morgan fingerprint density at radius 3 is 2.66 bits per heavy atom. The van der Waals surface area contributed by atoms with E-state index in [0.717, 1.165) is 24.2 Å². The van der Waals surface area contributed by atoms with Crippen LogP contribution < -0.4 is 0 Å². The van der Waals surface area contributed by atoms with Crippen molar-refractivity contribution in [2.24, 2.45) is 23.2 Å². The van der Waals surface area contributed by atoms with Crippen molar-refractivity contribution in [2.45, 2.75) is 51.4 Å². The van der Waals surface area contributed by atoms with E-state index in [9.17, 15) is 0 Å². The van der Waals surface area contributed by atoms with Crippen molar-refractivity contribution in [1.82, 2.24) is 0 Å². The highest BCUT2D eigenvalue weighted by Crippen LogP contribution is 2.72. The Morgan fingerprint density at radius 1 is 0.938 bits per heavy atom. The van der Waals surface area contributed by atoms with E-state index in [2.05, 4.69) is 80.0 Å². The van der Waals surface area contributed by atoms with E-state index in [1.807, 2.05) is 0 Å². The monoisotopic (exact) mass is 418 g/mol. The van der Waals surface area contributed by atoms with Crippen molar-refractivity contribution >= 4 is 0 Å². The van der Waals surface area contributed by atoms with Crippen molar-refractivity contribution < 1.29 is 0 Å². The third-order valence-corrected chi connectivity index (χ3v) is 8.53. The summed E-state index contributed by atoms with van der Waals surface area (Å²) in [5, 5.41) is 0. The fourth-order valence-corrected chi connectivity index (χ4v) is 6.15. The standard InChI is InChI=1S/C32H34/c1-22(28-16-23(2)31-9-4-3-7-27(31)20-28)10-11-25-18-26-13-12-24(17-29(26)19-25)6-5-8-30-21-32(30)14-15-32/h3-4,7,9,12-13,16-20,29-31H,1-2,5-6,8,10-11,14-15,21H2. The van der Waals surface area contributed by atoms with E-state index in [1.165, 1.54) is 72.0 Å². The maximum absolute atomic E-state index is 4.41. The fourth-order valence-electron chi connectivity index (χ4n) is 6.15. The van der Waals surface area contributed by atoms with Crippen LogP contribution in [0.2, 0.25) is 0 Å². The summed E-state index contributed by atoms with van der Waals surface area (Å²) < 4.78 is 0. The van der Waals surface area contributed by atoms with Crippen molar-refractivity contribution in [1.29, 1.82) is 0 Å². The highest BCUT2D eigenvalue weighted by molar-refractivity contribution is 5.56. The molecular weight excluding hydrogens is 384 g/mol. The van der Waals surface area contributed by atoms with Gasteiger partial charge < -0.3 is 0 Å². The predicted molar refractivity (Wildman–Crippen MR) is 136 cm³/mol. The van der Waals surface area contributed by atoms with Gasteiger partial charge in [-0.1, -0.05) is 91.1 Å². The lowest BCUT2D eigenvalue weighted by Crippen LogP contribution is -2.09. The quantitative estimate of drug-likeness (QED) is 0.371. The first-order valence-corrected chi connectivity index (χ1v) is 12.6. The zero-order valence-corrected chi connectivity index (χ0v) is 19.2. The van der Waals surface area contributed by atoms with Crippen LogP contribution in [0, 0.1) is 23.2 Å². The van der Waals surface area contributed by atoms with E-state index in [0.29, 0.717) is 11.8 Å². The smallest absolute Gasteiger partial charge is 0.0267 e. The van der Waals surface area contributed by atoms with Gasteiger partial charge in [0.25, 0.3) is 0 Å². The van der Waals surface area contributed by atoms with Gasteiger partial charge in [0.1, 0.15) is 0 Å². The molecule has 6 aliphatic rings. The van der Waals surface area contributed by atoms with Crippen LogP contribution in [0.15, 0.2) is 119 Å². The van der Waals surface area contributed by atoms with Crippen LogP contribution in [-0.2, 0) is 0 Å². The maximum Gasteiger partial charge on any atom is 0.0267 e. The molecule has 0 amide bonds. The first-order valence-electron chi connectivity index (χ1n) is 12.6. The van der Waals surface area contributed by atoms with E-state index in [-0.39, 0.29) is 0 Å². The number of hydrogen-bond donors (Lipinski definition) is 0. The van der Waals surface area contributed by atoms with E-state index in [4.69, 9.17) is 0 Å². The molecule has 3 atom stereocenters. The Bertz CT molecular complexity index is 1110. The highest BCUT2D eigenvalue weighted by Gasteiger charge is 2.61. The van der Waals surface area contributed by atoms with Crippen LogP contribution in [0.3, 0.4) is 0 Å². The Kier molecular flexibility index (Phi) is 4.86. The molecule has 0 aromatic heterocycles. The highest BCUT2D eigenvalue weighted by atomic mass is 14.7. The Labute approximate surface area is 193 Å². The summed E-state index contributed by atoms with van der Waals surface area (Å²) in [5.41, 5.74) is 10.3. The molecule has 0 saturated heterocycles. The molecule has 2 fully saturated rings. The lowest BCUT2D eigenvalue weighted by molar-refractivity contribution is 0.606. The molecular formula is C32H34. The number of rotatable bonds is 8. The van der Waals surface area contributed by atoms with Gasteiger partial charge in [-0.05, 0) is 90.6 Å². The summed E-state index contributed by atoms with van der Waals surface area (Å²) in [7, 11) is 0. The van der Waals surface area contributed by atoms with Gasteiger partial charge in [0.05, 0.1) is 0 Å². The molecule has 0 heterocycles. The Hall–Kier alpha value is -2.60. The van der Waals surface area contributed by atoms with Crippen LogP contribution in [-0.4, -0.2) is 0 Å². The topological polar surface area (TPSA) is 0 Å². The Balaban J connectivity index is 1.03. The van der Waals surface area contributed by atoms with Crippen LogP contribution in [0.1, 0.15) is 51.4 Å². The lowest BCUT2D eigenvalue weighted by atomic mass is 9.80. The van der Waals surface area contributed by atoms with Gasteiger partial charge in [-0.2, -0.15) is 0 Å². The van der Waals surface area contributed by atoms with Gasteiger partial charge in [-0.3, -0.25) is 0 Å². The Morgan fingerprint density at radius 2 is 1.81 bits per heavy atom. The van der Waals surface area contributed by atoms with Gasteiger partial charge in [0, 0.05) is 11.8 Å². The predicted octanol–water partition coefficient (Wildman–Crippen LogP) is 8.44. The van der Waals surface area contributed by atoms with Crippen molar-refractivity contribution in [3.63, 3.8) is 0 Å².